The lowest BCUT2D eigenvalue weighted by Gasteiger charge is -2.08. The van der Waals surface area contributed by atoms with Crippen molar-refractivity contribution in [3.05, 3.63) is 65.5 Å². The summed E-state index contributed by atoms with van der Waals surface area (Å²) in [7, 11) is 0. The van der Waals surface area contributed by atoms with Gasteiger partial charge in [-0.15, -0.1) is 0 Å². The first kappa shape index (κ1) is 22.1. The Morgan fingerprint density at radius 1 is 0.821 bits per heavy atom. The van der Waals surface area contributed by atoms with Gasteiger partial charge < -0.3 is 5.32 Å². The molecule has 0 spiro atoms. The maximum atomic E-state index is 12.9. The van der Waals surface area contributed by atoms with Gasteiger partial charge in [-0.3, -0.25) is 4.79 Å². The minimum atomic E-state index is -0.318. The number of hydrogen-bond acceptors (Lipinski definition) is 2. The Morgan fingerprint density at radius 2 is 1.43 bits per heavy atom. The molecule has 0 aliphatic heterocycles. The van der Waals surface area contributed by atoms with Gasteiger partial charge in [0.2, 0.25) is 0 Å². The third-order valence-electron chi connectivity index (χ3n) is 5.12. The minimum absolute atomic E-state index is 0.0267. The number of nitrogens with one attached hydrogen (secondary N) is 1. The Bertz CT molecular complexity index is 679. The number of aryl methyl sites for hydroxylation is 1. The van der Waals surface area contributed by atoms with Crippen molar-refractivity contribution in [3.63, 3.8) is 0 Å². The molecule has 0 heterocycles. The first-order chi connectivity index (χ1) is 13.7. The Labute approximate surface area is 169 Å². The van der Waals surface area contributed by atoms with Crippen molar-refractivity contribution < 1.29 is 9.18 Å². The van der Waals surface area contributed by atoms with Gasteiger partial charge >= 0.3 is 0 Å². The van der Waals surface area contributed by atoms with Crippen LogP contribution in [0.15, 0.2) is 48.5 Å². The van der Waals surface area contributed by atoms with Crippen LogP contribution in [-0.4, -0.2) is 12.3 Å². The fourth-order valence-electron chi connectivity index (χ4n) is 3.35. The molecule has 0 aliphatic rings. The highest BCUT2D eigenvalue weighted by atomic mass is 19.1. The molecule has 0 atom stereocenters. The summed E-state index contributed by atoms with van der Waals surface area (Å²) in [6, 6.07) is 14.2. The number of anilines is 1. The van der Waals surface area contributed by atoms with Crippen LogP contribution in [0.5, 0.6) is 0 Å². The fourth-order valence-corrected chi connectivity index (χ4v) is 3.35. The highest BCUT2D eigenvalue weighted by Crippen LogP contribution is 2.14. The predicted octanol–water partition coefficient (Wildman–Crippen LogP) is 7.19. The van der Waals surface area contributed by atoms with Crippen molar-refractivity contribution in [2.75, 3.05) is 11.9 Å². The highest BCUT2D eigenvalue weighted by Gasteiger charge is 2.05. The molecule has 0 radical (unpaired) electrons. The molecule has 2 aromatic rings. The molecular formula is C25H34FNO. The number of hydrogen-bond donors (Lipinski definition) is 1. The summed E-state index contributed by atoms with van der Waals surface area (Å²) in [6.07, 6.45) is 12.3. The average molecular weight is 384 g/mol. The molecule has 0 fully saturated rings. The molecule has 2 nitrogen and oxygen atoms in total. The second-order valence-electron chi connectivity index (χ2n) is 7.53. The van der Waals surface area contributed by atoms with Crippen LogP contribution in [0.25, 0.3) is 0 Å². The van der Waals surface area contributed by atoms with Crippen LogP contribution in [0.1, 0.15) is 80.6 Å². The van der Waals surface area contributed by atoms with E-state index >= 15 is 0 Å². The molecule has 0 saturated carbocycles. The summed E-state index contributed by atoms with van der Waals surface area (Å²) >= 11 is 0. The molecule has 0 amide bonds. The van der Waals surface area contributed by atoms with Crippen molar-refractivity contribution in [1.29, 1.82) is 0 Å². The number of halogens is 1. The lowest BCUT2D eigenvalue weighted by Crippen LogP contribution is -2.09. The molecule has 0 aliphatic carbocycles. The summed E-state index contributed by atoms with van der Waals surface area (Å²) in [5.74, 6) is -0.291. The van der Waals surface area contributed by atoms with E-state index in [-0.39, 0.29) is 11.6 Å². The zero-order valence-electron chi connectivity index (χ0n) is 17.2. The lowest BCUT2D eigenvalue weighted by atomic mass is 10.0. The summed E-state index contributed by atoms with van der Waals surface area (Å²) < 4.78 is 12.9. The third-order valence-corrected chi connectivity index (χ3v) is 5.12. The topological polar surface area (TPSA) is 29.1 Å². The first-order valence-electron chi connectivity index (χ1n) is 10.8. The largest absolute Gasteiger partial charge is 0.385 e. The third kappa shape index (κ3) is 8.69. The van der Waals surface area contributed by atoms with Gasteiger partial charge in [0.15, 0.2) is 5.78 Å². The quantitative estimate of drug-likeness (QED) is 0.276. The normalized spacial score (nSPS) is 10.8. The highest BCUT2D eigenvalue weighted by molar-refractivity contribution is 5.96. The predicted molar refractivity (Wildman–Crippen MR) is 117 cm³/mol. The summed E-state index contributed by atoms with van der Waals surface area (Å²) in [5.41, 5.74) is 2.97. The number of ketones is 1. The number of unbranched alkanes of at least 4 members (excludes halogenated alkanes) is 7. The van der Waals surface area contributed by atoms with E-state index in [1.165, 1.54) is 81.2 Å². The fraction of sp³-hybridized carbons (Fsp3) is 0.480. The smallest absolute Gasteiger partial charge is 0.164 e. The van der Waals surface area contributed by atoms with E-state index in [0.717, 1.165) is 12.1 Å². The molecular weight excluding hydrogens is 349 g/mol. The summed E-state index contributed by atoms with van der Waals surface area (Å²) in [6.45, 7) is 2.84. The second kappa shape index (κ2) is 13.1. The van der Waals surface area contributed by atoms with Gasteiger partial charge in [0, 0.05) is 24.2 Å². The number of rotatable bonds is 14. The van der Waals surface area contributed by atoms with Crippen LogP contribution in [0.3, 0.4) is 0 Å². The van der Waals surface area contributed by atoms with Crippen LogP contribution in [0.4, 0.5) is 10.1 Å². The number of carbonyl (C=O) groups is 1. The molecule has 152 valence electrons. The van der Waals surface area contributed by atoms with Crippen molar-refractivity contribution in [3.8, 4) is 0 Å². The first-order valence-corrected chi connectivity index (χ1v) is 10.8. The van der Waals surface area contributed by atoms with Gasteiger partial charge in [-0.05, 0) is 54.8 Å². The van der Waals surface area contributed by atoms with Gasteiger partial charge in [0.1, 0.15) is 5.82 Å². The summed E-state index contributed by atoms with van der Waals surface area (Å²) in [5, 5.41) is 3.29. The molecule has 28 heavy (non-hydrogen) atoms. The van der Waals surface area contributed by atoms with Crippen molar-refractivity contribution in [2.24, 2.45) is 0 Å². The van der Waals surface area contributed by atoms with E-state index in [2.05, 4.69) is 36.5 Å². The zero-order chi connectivity index (χ0) is 20.0. The van der Waals surface area contributed by atoms with Crippen LogP contribution < -0.4 is 5.32 Å². The number of benzene rings is 2. The van der Waals surface area contributed by atoms with Gasteiger partial charge in [-0.2, -0.15) is 0 Å². The van der Waals surface area contributed by atoms with Gasteiger partial charge in [0.05, 0.1) is 0 Å². The Morgan fingerprint density at radius 3 is 2.07 bits per heavy atom. The van der Waals surface area contributed by atoms with Crippen molar-refractivity contribution in [2.45, 2.75) is 71.1 Å². The van der Waals surface area contributed by atoms with Crippen LogP contribution >= 0.6 is 0 Å². The second-order valence-corrected chi connectivity index (χ2v) is 7.53. The molecule has 2 rings (SSSR count). The van der Waals surface area contributed by atoms with Gasteiger partial charge in [-0.25, -0.2) is 4.39 Å². The monoisotopic (exact) mass is 383 g/mol. The van der Waals surface area contributed by atoms with E-state index in [1.54, 1.807) is 0 Å². The average Bonchev–Trinajstić information content (AvgIpc) is 2.71. The number of Topliss-reactive ketones (excluding diaryl/α,β-unsaturated/α-hetero) is 1. The van der Waals surface area contributed by atoms with Gasteiger partial charge in [-0.1, -0.05) is 64.0 Å². The Hall–Kier alpha value is -2.16. The standard InChI is InChI=1S/C25H34FNO/c1-2-3-4-5-6-7-8-9-10-21-11-17-24(18-12-21)27-20-19-25(28)22-13-15-23(26)16-14-22/h11-18,27H,2-10,19-20H2,1H3. The van der Waals surface area contributed by atoms with E-state index in [1.807, 2.05) is 0 Å². The maximum absolute atomic E-state index is 12.9. The van der Waals surface area contributed by atoms with E-state index in [4.69, 9.17) is 0 Å². The number of carbonyl (C=O) groups excluding carboxylic acids is 1. The summed E-state index contributed by atoms with van der Waals surface area (Å²) in [4.78, 5) is 12.1. The lowest BCUT2D eigenvalue weighted by molar-refractivity contribution is 0.0986. The van der Waals surface area contributed by atoms with Crippen LogP contribution in [-0.2, 0) is 6.42 Å². The van der Waals surface area contributed by atoms with E-state index < -0.39 is 0 Å². The minimum Gasteiger partial charge on any atom is -0.385 e. The maximum Gasteiger partial charge on any atom is 0.164 e. The molecule has 0 unspecified atom stereocenters. The SMILES string of the molecule is CCCCCCCCCCc1ccc(NCCC(=O)c2ccc(F)cc2)cc1. The van der Waals surface area contributed by atoms with Crippen molar-refractivity contribution in [1.82, 2.24) is 0 Å². The molecule has 0 saturated heterocycles. The van der Waals surface area contributed by atoms with E-state index in [9.17, 15) is 9.18 Å². The van der Waals surface area contributed by atoms with Crippen molar-refractivity contribution >= 4 is 11.5 Å². The van der Waals surface area contributed by atoms with Crippen LogP contribution in [0.2, 0.25) is 0 Å². The molecule has 0 bridgehead atoms. The molecule has 2 aromatic carbocycles. The molecule has 3 heteroatoms. The van der Waals surface area contributed by atoms with E-state index in [0.29, 0.717) is 18.5 Å². The molecule has 0 aromatic heterocycles. The molecule has 1 N–H and O–H groups in total. The van der Waals surface area contributed by atoms with Crippen LogP contribution in [0, 0.1) is 5.82 Å². The van der Waals surface area contributed by atoms with Gasteiger partial charge in [0.25, 0.3) is 0 Å². The Kier molecular flexibility index (Phi) is 10.3. The zero-order valence-corrected chi connectivity index (χ0v) is 17.2. The Balaban J connectivity index is 1.59.